The van der Waals surface area contributed by atoms with Crippen LogP contribution in [0, 0.1) is 0 Å². The second kappa shape index (κ2) is 28.2. The van der Waals surface area contributed by atoms with Crippen molar-refractivity contribution >= 4 is 63.0 Å². The molecular weight excluding hydrogens is 1380 g/mol. The van der Waals surface area contributed by atoms with Gasteiger partial charge >= 0.3 is 0 Å². The molecule has 0 bridgehead atoms. The number of hydrogen-bond donors (Lipinski definition) is 0. The van der Waals surface area contributed by atoms with Crippen LogP contribution in [0.5, 0.6) is 0 Å². The highest BCUT2D eigenvalue weighted by atomic mass is 32.1. The molecule has 0 aliphatic carbocycles. The van der Waals surface area contributed by atoms with Gasteiger partial charge in [0.2, 0.25) is 0 Å². The molecule has 0 amide bonds. The molecular formula is C97H59N11S2. The lowest BCUT2D eigenvalue weighted by Gasteiger charge is -2.11. The van der Waals surface area contributed by atoms with Crippen molar-refractivity contribution in [2.75, 3.05) is 0 Å². The first-order valence-electron chi connectivity index (χ1n) is 36.3. The zero-order chi connectivity index (χ0) is 72.9. The van der Waals surface area contributed by atoms with E-state index in [0.29, 0.717) is 58.2 Å². The molecule has 0 fully saturated rings. The average Bonchev–Trinajstić information content (AvgIpc) is 1.61. The summed E-state index contributed by atoms with van der Waals surface area (Å²) in [5.41, 5.74) is 19.5. The van der Waals surface area contributed by atoms with Gasteiger partial charge in [-0.15, -0.1) is 22.7 Å². The van der Waals surface area contributed by atoms with Gasteiger partial charge < -0.3 is 0 Å². The molecule has 6 heterocycles. The van der Waals surface area contributed by atoms with E-state index in [-0.39, 0.29) is 0 Å². The molecule has 0 radical (unpaired) electrons. The van der Waals surface area contributed by atoms with Crippen molar-refractivity contribution in [3.8, 4) is 170 Å². The zero-order valence-electron chi connectivity index (χ0n) is 58.8. The fourth-order valence-corrected chi connectivity index (χ4v) is 16.7. The van der Waals surface area contributed by atoms with E-state index in [1.54, 1.807) is 22.7 Å². The maximum Gasteiger partial charge on any atom is 0.165 e. The van der Waals surface area contributed by atoms with Crippen molar-refractivity contribution in [3.63, 3.8) is 0 Å². The van der Waals surface area contributed by atoms with Gasteiger partial charge in [-0.1, -0.05) is 309 Å². The van der Waals surface area contributed by atoms with E-state index in [9.17, 15) is 0 Å². The van der Waals surface area contributed by atoms with Crippen LogP contribution in [-0.4, -0.2) is 54.8 Å². The minimum absolute atomic E-state index is 0.584. The summed E-state index contributed by atoms with van der Waals surface area (Å²) in [5.74, 6) is 6.06. The van der Waals surface area contributed by atoms with Gasteiger partial charge in [0, 0.05) is 107 Å². The SMILES string of the molecule is c1ccc(-c2ccc(-c3nc(-c4ccccc4)cc(-c4cccc5c4sc4ccc(-c6nc(-c7ccccc7)nc(-c7ccc(-c8ccc(-c9ccc(-c%10nc(-c%11ccccc%11)nc(-c%11cccc%12c%11sc%11ccc(-c%13nc(-c%14ccccc%14)nc(-c%14ccccc%14)n%13)cc%11%12)n%10)cc9)cc8)cc7)n6)cc45)n3)cc2)cc1. The molecule has 11 nitrogen and oxygen atoms in total. The van der Waals surface area contributed by atoms with Crippen molar-refractivity contribution in [2.24, 2.45) is 0 Å². The molecule has 514 valence electrons. The third-order valence-electron chi connectivity index (χ3n) is 19.9. The van der Waals surface area contributed by atoms with Crippen LogP contribution < -0.4 is 0 Å². The van der Waals surface area contributed by atoms with Crippen molar-refractivity contribution in [3.05, 3.63) is 358 Å². The Bertz CT molecular complexity index is 6770. The highest BCUT2D eigenvalue weighted by Crippen LogP contribution is 2.45. The van der Waals surface area contributed by atoms with E-state index in [1.165, 1.54) is 0 Å². The molecule has 0 aliphatic heterocycles. The second-order valence-electron chi connectivity index (χ2n) is 26.9. The van der Waals surface area contributed by atoms with Crippen LogP contribution in [0.4, 0.5) is 0 Å². The van der Waals surface area contributed by atoms with Gasteiger partial charge in [0.15, 0.2) is 58.2 Å². The van der Waals surface area contributed by atoms with Crippen LogP contribution in [0.15, 0.2) is 358 Å². The lowest BCUT2D eigenvalue weighted by Crippen LogP contribution is -2.00. The third-order valence-corrected chi connectivity index (χ3v) is 22.4. The fourth-order valence-electron chi connectivity index (χ4n) is 14.3. The minimum atomic E-state index is 0.584. The van der Waals surface area contributed by atoms with Gasteiger partial charge in [-0.25, -0.2) is 54.8 Å². The summed E-state index contributed by atoms with van der Waals surface area (Å²) in [7, 11) is 0. The Morgan fingerprint density at radius 3 is 0.745 bits per heavy atom. The maximum atomic E-state index is 5.31. The van der Waals surface area contributed by atoms with E-state index >= 15 is 0 Å². The minimum Gasteiger partial charge on any atom is -0.228 e. The topological polar surface area (TPSA) is 142 Å². The Morgan fingerprint density at radius 1 is 0.145 bits per heavy atom. The normalized spacial score (nSPS) is 11.5. The first-order valence-corrected chi connectivity index (χ1v) is 37.9. The standard InChI is InChI=1S/C97H59N11S2/c1-7-21-60(22-8-1)61-41-47-71(48-42-61)88-98-82(66-23-9-2-10-24-66)59-83(99-88)78-35-19-33-76-80-57-74(53-55-84(80)109-86(76)78)96-105-91(69-29-15-5-16-30-69)101-93(106-96)72-49-43-64(44-50-72)62-37-39-63(40-38-62)65-45-51-73(52-46-65)94-102-92(70-31-17-6-18-32-70)107-97(108-94)79-36-20-34-77-81-58-75(54-56-85(81)110-87(77)79)95-103-89(67-25-11-3-12-26-67)100-90(104-95)68-27-13-4-14-28-68/h1-59H. The van der Waals surface area contributed by atoms with E-state index < -0.39 is 0 Å². The quantitative estimate of drug-likeness (QED) is 0.0968. The summed E-state index contributed by atoms with van der Waals surface area (Å²) in [6.07, 6.45) is 0. The predicted octanol–water partition coefficient (Wildman–Crippen LogP) is 24.8. The Kier molecular flexibility index (Phi) is 16.7. The molecule has 0 atom stereocenters. The lowest BCUT2D eigenvalue weighted by atomic mass is 9.99. The van der Waals surface area contributed by atoms with Gasteiger partial charge in [0.1, 0.15) is 0 Å². The van der Waals surface area contributed by atoms with Gasteiger partial charge in [-0.3, -0.25) is 0 Å². The number of hydrogen-bond acceptors (Lipinski definition) is 13. The fraction of sp³-hybridized carbons (Fsp3) is 0. The van der Waals surface area contributed by atoms with Crippen LogP contribution in [0.3, 0.4) is 0 Å². The van der Waals surface area contributed by atoms with Crippen molar-refractivity contribution in [1.82, 2.24) is 54.8 Å². The number of thiophene rings is 2. The van der Waals surface area contributed by atoms with Gasteiger partial charge in [-0.2, -0.15) is 0 Å². The Morgan fingerprint density at radius 2 is 0.391 bits per heavy atom. The molecule has 0 spiro atoms. The van der Waals surface area contributed by atoms with Crippen LogP contribution in [-0.2, 0) is 0 Å². The lowest BCUT2D eigenvalue weighted by molar-refractivity contribution is 1.07. The highest BCUT2D eigenvalue weighted by Gasteiger charge is 2.22. The van der Waals surface area contributed by atoms with Crippen LogP contribution in [0.25, 0.3) is 210 Å². The van der Waals surface area contributed by atoms with E-state index in [0.717, 1.165) is 152 Å². The Hall–Kier alpha value is -14.4. The van der Waals surface area contributed by atoms with Gasteiger partial charge in [0.05, 0.1) is 11.4 Å². The smallest absolute Gasteiger partial charge is 0.165 e. The Balaban J connectivity index is 0.579. The predicted molar refractivity (Wildman–Crippen MR) is 450 cm³/mol. The van der Waals surface area contributed by atoms with Crippen molar-refractivity contribution < 1.29 is 0 Å². The molecule has 14 aromatic carbocycles. The number of benzene rings is 14. The van der Waals surface area contributed by atoms with Crippen LogP contribution in [0.2, 0.25) is 0 Å². The van der Waals surface area contributed by atoms with E-state index in [1.807, 2.05) is 133 Å². The van der Waals surface area contributed by atoms with Gasteiger partial charge in [-0.05, 0) is 81.9 Å². The summed E-state index contributed by atoms with van der Waals surface area (Å²) < 4.78 is 4.50. The highest BCUT2D eigenvalue weighted by molar-refractivity contribution is 7.26. The summed E-state index contributed by atoms with van der Waals surface area (Å²) in [6, 6.07) is 123. The third kappa shape index (κ3) is 12.7. The van der Waals surface area contributed by atoms with E-state index in [2.05, 4.69) is 224 Å². The molecule has 13 heteroatoms. The molecule has 6 aromatic heterocycles. The monoisotopic (exact) mass is 1440 g/mol. The summed E-state index contributed by atoms with van der Waals surface area (Å²) in [5, 5.41) is 4.44. The molecule has 0 aliphatic rings. The molecule has 20 rings (SSSR count). The number of aromatic nitrogens is 11. The number of fused-ring (bicyclic) bond motifs is 6. The summed E-state index contributed by atoms with van der Waals surface area (Å²) in [6.45, 7) is 0. The van der Waals surface area contributed by atoms with Gasteiger partial charge in [0.25, 0.3) is 0 Å². The number of nitrogens with zero attached hydrogens (tertiary/aromatic N) is 11. The molecule has 0 saturated carbocycles. The van der Waals surface area contributed by atoms with Crippen LogP contribution in [0.1, 0.15) is 0 Å². The summed E-state index contributed by atoms with van der Waals surface area (Å²) >= 11 is 3.49. The van der Waals surface area contributed by atoms with E-state index in [4.69, 9.17) is 54.8 Å². The molecule has 0 saturated heterocycles. The number of rotatable bonds is 15. The van der Waals surface area contributed by atoms with Crippen molar-refractivity contribution in [2.45, 2.75) is 0 Å². The largest absolute Gasteiger partial charge is 0.228 e. The molecule has 0 unspecified atom stereocenters. The van der Waals surface area contributed by atoms with Crippen molar-refractivity contribution in [1.29, 1.82) is 0 Å². The maximum absolute atomic E-state index is 5.31. The zero-order valence-corrected chi connectivity index (χ0v) is 60.4. The summed E-state index contributed by atoms with van der Waals surface area (Å²) in [4.78, 5) is 56.7. The first kappa shape index (κ1) is 65.2. The molecule has 20 aromatic rings. The Labute approximate surface area is 641 Å². The average molecular weight is 1440 g/mol. The second-order valence-corrected chi connectivity index (χ2v) is 29.0. The first-order chi connectivity index (χ1) is 54.4. The molecule has 110 heavy (non-hydrogen) atoms. The van der Waals surface area contributed by atoms with Crippen LogP contribution >= 0.6 is 22.7 Å². The molecule has 0 N–H and O–H groups in total.